The monoisotopic (exact) mass is 318 g/mol. The number of pyridine rings is 1. The van der Waals surface area contributed by atoms with Crippen molar-refractivity contribution in [3.8, 4) is 0 Å². The number of nitrogens with zero attached hydrogens (tertiary/aromatic N) is 3. The first-order chi connectivity index (χ1) is 11.2. The molecule has 1 aromatic rings. The molecule has 5 nitrogen and oxygen atoms in total. The molecule has 0 bridgehead atoms. The van der Waals surface area contributed by atoms with Crippen LogP contribution in [0.4, 0.5) is 5.82 Å². The second-order valence-corrected chi connectivity index (χ2v) is 6.45. The standard InChI is InChI=1S/C18H30N4O/c1-4-21(18(23)15(2)13-19-3)14-16-8-11-22(12-9-16)17-7-5-6-10-20-17/h5-7,10,15-16,19H,4,8-9,11-14H2,1-3H3. The molecule has 1 aromatic heterocycles. The van der Waals surface area contributed by atoms with Gasteiger partial charge in [0.2, 0.25) is 5.91 Å². The van der Waals surface area contributed by atoms with Crippen molar-refractivity contribution in [3.63, 3.8) is 0 Å². The molecule has 2 rings (SSSR count). The van der Waals surface area contributed by atoms with Crippen molar-refractivity contribution < 1.29 is 4.79 Å². The van der Waals surface area contributed by atoms with Crippen LogP contribution >= 0.6 is 0 Å². The minimum atomic E-state index is 0.0496. The Balaban J connectivity index is 1.83. The van der Waals surface area contributed by atoms with Gasteiger partial charge in [0, 0.05) is 44.8 Å². The summed E-state index contributed by atoms with van der Waals surface area (Å²) >= 11 is 0. The minimum absolute atomic E-state index is 0.0496. The largest absolute Gasteiger partial charge is 0.357 e. The van der Waals surface area contributed by atoms with Gasteiger partial charge in [0.05, 0.1) is 0 Å². The van der Waals surface area contributed by atoms with Gasteiger partial charge in [-0.15, -0.1) is 0 Å². The van der Waals surface area contributed by atoms with Gasteiger partial charge in [-0.25, -0.2) is 4.98 Å². The number of carbonyl (C=O) groups is 1. The van der Waals surface area contributed by atoms with E-state index in [0.29, 0.717) is 5.92 Å². The van der Waals surface area contributed by atoms with E-state index in [9.17, 15) is 4.79 Å². The first-order valence-electron chi connectivity index (χ1n) is 8.75. The summed E-state index contributed by atoms with van der Waals surface area (Å²) in [7, 11) is 1.90. The predicted molar refractivity (Wildman–Crippen MR) is 94.5 cm³/mol. The van der Waals surface area contributed by atoms with Gasteiger partial charge in [-0.2, -0.15) is 0 Å². The van der Waals surface area contributed by atoms with Crippen LogP contribution in [0.2, 0.25) is 0 Å². The van der Waals surface area contributed by atoms with E-state index in [4.69, 9.17) is 0 Å². The van der Waals surface area contributed by atoms with E-state index in [1.165, 1.54) is 0 Å². The number of nitrogens with one attached hydrogen (secondary N) is 1. The molecule has 1 saturated heterocycles. The Morgan fingerprint density at radius 3 is 2.74 bits per heavy atom. The third-order valence-corrected chi connectivity index (χ3v) is 4.69. The summed E-state index contributed by atoms with van der Waals surface area (Å²) in [6.07, 6.45) is 4.10. The molecule has 1 aliphatic heterocycles. The molecule has 0 aliphatic carbocycles. The summed E-state index contributed by atoms with van der Waals surface area (Å²) < 4.78 is 0. The maximum Gasteiger partial charge on any atom is 0.226 e. The fourth-order valence-corrected chi connectivity index (χ4v) is 3.28. The molecule has 23 heavy (non-hydrogen) atoms. The van der Waals surface area contributed by atoms with E-state index >= 15 is 0 Å². The average Bonchev–Trinajstić information content (AvgIpc) is 2.60. The van der Waals surface area contributed by atoms with E-state index < -0.39 is 0 Å². The topological polar surface area (TPSA) is 48.5 Å². The number of aromatic nitrogens is 1. The molecular weight excluding hydrogens is 288 g/mol. The number of anilines is 1. The normalized spacial score (nSPS) is 17.1. The average molecular weight is 318 g/mol. The smallest absolute Gasteiger partial charge is 0.226 e. The summed E-state index contributed by atoms with van der Waals surface area (Å²) in [5.74, 6) is 1.99. The lowest BCUT2D eigenvalue weighted by atomic mass is 9.95. The van der Waals surface area contributed by atoms with Crippen molar-refractivity contribution >= 4 is 11.7 Å². The Morgan fingerprint density at radius 2 is 2.17 bits per heavy atom. The van der Waals surface area contributed by atoms with Crippen molar-refractivity contribution in [1.29, 1.82) is 0 Å². The molecular formula is C18H30N4O. The third kappa shape index (κ3) is 4.93. The van der Waals surface area contributed by atoms with E-state index in [0.717, 1.165) is 51.4 Å². The molecule has 1 aliphatic rings. The molecule has 5 heteroatoms. The number of hydrogen-bond donors (Lipinski definition) is 1. The van der Waals surface area contributed by atoms with Gasteiger partial charge >= 0.3 is 0 Å². The number of hydrogen-bond acceptors (Lipinski definition) is 4. The van der Waals surface area contributed by atoms with Gasteiger partial charge in [0.1, 0.15) is 5.82 Å². The van der Waals surface area contributed by atoms with Crippen LogP contribution in [0.5, 0.6) is 0 Å². The highest BCUT2D eigenvalue weighted by Crippen LogP contribution is 2.22. The number of rotatable bonds is 7. The quantitative estimate of drug-likeness (QED) is 0.835. The van der Waals surface area contributed by atoms with Gasteiger partial charge < -0.3 is 15.1 Å². The number of carbonyl (C=O) groups excluding carboxylic acids is 1. The lowest BCUT2D eigenvalue weighted by molar-refractivity contribution is -0.135. The molecule has 128 valence electrons. The second-order valence-electron chi connectivity index (χ2n) is 6.45. The maximum absolute atomic E-state index is 12.5. The van der Waals surface area contributed by atoms with Crippen LogP contribution in [0.25, 0.3) is 0 Å². The predicted octanol–water partition coefficient (Wildman–Crippen LogP) is 2.00. The zero-order valence-electron chi connectivity index (χ0n) is 14.7. The van der Waals surface area contributed by atoms with Crippen molar-refractivity contribution in [3.05, 3.63) is 24.4 Å². The third-order valence-electron chi connectivity index (χ3n) is 4.69. The molecule has 1 N–H and O–H groups in total. The highest BCUT2D eigenvalue weighted by molar-refractivity contribution is 5.78. The van der Waals surface area contributed by atoms with E-state index in [1.54, 1.807) is 0 Å². The van der Waals surface area contributed by atoms with Gasteiger partial charge in [0.15, 0.2) is 0 Å². The molecule has 0 saturated carbocycles. The first kappa shape index (κ1) is 17.7. The Hall–Kier alpha value is -1.62. The van der Waals surface area contributed by atoms with Crippen LogP contribution in [0, 0.1) is 11.8 Å². The lowest BCUT2D eigenvalue weighted by Crippen LogP contribution is -2.44. The zero-order valence-corrected chi connectivity index (χ0v) is 14.7. The highest BCUT2D eigenvalue weighted by atomic mass is 16.2. The van der Waals surface area contributed by atoms with Gasteiger partial charge in [-0.1, -0.05) is 13.0 Å². The summed E-state index contributed by atoms with van der Waals surface area (Å²) in [5, 5.41) is 3.09. The highest BCUT2D eigenvalue weighted by Gasteiger charge is 2.25. The molecule has 0 aromatic carbocycles. The van der Waals surface area contributed by atoms with Crippen LogP contribution < -0.4 is 10.2 Å². The van der Waals surface area contributed by atoms with E-state index in [-0.39, 0.29) is 11.8 Å². The molecule has 1 amide bonds. The second kappa shape index (κ2) is 8.87. The maximum atomic E-state index is 12.5. The van der Waals surface area contributed by atoms with Gasteiger partial charge in [0.25, 0.3) is 0 Å². The summed E-state index contributed by atoms with van der Waals surface area (Å²) in [4.78, 5) is 21.3. The molecule has 0 radical (unpaired) electrons. The van der Waals surface area contributed by atoms with Crippen LogP contribution in [-0.2, 0) is 4.79 Å². The summed E-state index contributed by atoms with van der Waals surface area (Å²) in [6, 6.07) is 6.06. The van der Waals surface area contributed by atoms with Crippen LogP contribution in [0.3, 0.4) is 0 Å². The Kier molecular flexibility index (Phi) is 6.84. The Labute approximate surface area is 140 Å². The van der Waals surface area contributed by atoms with Crippen molar-refractivity contribution in [1.82, 2.24) is 15.2 Å². The van der Waals surface area contributed by atoms with E-state index in [1.807, 2.05) is 37.2 Å². The van der Waals surface area contributed by atoms with E-state index in [2.05, 4.69) is 28.2 Å². The molecule has 1 unspecified atom stereocenters. The zero-order chi connectivity index (χ0) is 16.7. The van der Waals surface area contributed by atoms with Crippen molar-refractivity contribution in [2.24, 2.45) is 11.8 Å². The first-order valence-corrected chi connectivity index (χ1v) is 8.75. The van der Waals surface area contributed by atoms with Crippen molar-refractivity contribution in [2.75, 3.05) is 44.7 Å². The fourth-order valence-electron chi connectivity index (χ4n) is 3.28. The molecule has 0 spiro atoms. The molecule has 1 atom stereocenters. The van der Waals surface area contributed by atoms with Crippen LogP contribution in [0.1, 0.15) is 26.7 Å². The molecule has 2 heterocycles. The van der Waals surface area contributed by atoms with Gasteiger partial charge in [-0.05, 0) is 44.9 Å². The SMILES string of the molecule is CCN(CC1CCN(c2ccccn2)CC1)C(=O)C(C)CNC. The minimum Gasteiger partial charge on any atom is -0.357 e. The summed E-state index contributed by atoms with van der Waals surface area (Å²) in [6.45, 7) is 8.57. The Bertz CT molecular complexity index is 471. The number of amides is 1. The Morgan fingerprint density at radius 1 is 1.43 bits per heavy atom. The number of piperidine rings is 1. The van der Waals surface area contributed by atoms with Crippen molar-refractivity contribution in [2.45, 2.75) is 26.7 Å². The fraction of sp³-hybridized carbons (Fsp3) is 0.667. The van der Waals surface area contributed by atoms with Crippen LogP contribution in [0.15, 0.2) is 24.4 Å². The van der Waals surface area contributed by atoms with Crippen LogP contribution in [-0.4, -0.2) is 55.6 Å². The lowest BCUT2D eigenvalue weighted by Gasteiger charge is -2.35. The van der Waals surface area contributed by atoms with Gasteiger partial charge in [-0.3, -0.25) is 4.79 Å². The summed E-state index contributed by atoms with van der Waals surface area (Å²) in [5.41, 5.74) is 0. The molecule has 1 fully saturated rings.